The molecule has 8 heteroatoms. The highest BCUT2D eigenvalue weighted by Gasteiger charge is 2.17. The Morgan fingerprint density at radius 2 is 1.90 bits per heavy atom. The average molecular weight is 379 g/mol. The number of aromatic nitrogens is 7. The van der Waals surface area contributed by atoms with Crippen LogP contribution in [-0.2, 0) is 0 Å². The largest absolute Gasteiger partial charge is 0.472 e. The van der Waals surface area contributed by atoms with Gasteiger partial charge in [-0.2, -0.15) is 5.10 Å². The van der Waals surface area contributed by atoms with Gasteiger partial charge in [-0.15, -0.1) is 0 Å². The molecule has 0 aliphatic rings. The van der Waals surface area contributed by atoms with Crippen LogP contribution in [0.5, 0.6) is 0 Å². The van der Waals surface area contributed by atoms with Crippen LogP contribution in [0.4, 0.5) is 0 Å². The van der Waals surface area contributed by atoms with E-state index in [-0.39, 0.29) is 0 Å². The molecule has 29 heavy (non-hydrogen) atoms. The Morgan fingerprint density at radius 1 is 0.897 bits per heavy atom. The lowest BCUT2D eigenvalue weighted by atomic mass is 10.1. The van der Waals surface area contributed by atoms with E-state index in [2.05, 4.69) is 30.1 Å². The van der Waals surface area contributed by atoms with E-state index in [1.165, 1.54) is 0 Å². The maximum Gasteiger partial charge on any atom is 0.161 e. The molecule has 6 heterocycles. The fraction of sp³-hybridized carbons (Fsp3) is 0. The predicted octanol–water partition coefficient (Wildman–Crippen LogP) is 4.22. The zero-order valence-electron chi connectivity index (χ0n) is 15.0. The van der Waals surface area contributed by atoms with E-state index in [9.17, 15) is 0 Å². The molecular weight excluding hydrogens is 366 g/mol. The molecule has 0 unspecified atom stereocenters. The van der Waals surface area contributed by atoms with E-state index < -0.39 is 0 Å². The van der Waals surface area contributed by atoms with Gasteiger partial charge < -0.3 is 9.40 Å². The van der Waals surface area contributed by atoms with Gasteiger partial charge in [0, 0.05) is 35.3 Å². The van der Waals surface area contributed by atoms with Gasteiger partial charge in [0.05, 0.1) is 23.6 Å². The van der Waals surface area contributed by atoms with Gasteiger partial charge >= 0.3 is 0 Å². The summed E-state index contributed by atoms with van der Waals surface area (Å²) in [6, 6.07) is 11.6. The van der Waals surface area contributed by atoms with Gasteiger partial charge in [-0.1, -0.05) is 6.07 Å². The van der Waals surface area contributed by atoms with Crippen molar-refractivity contribution in [1.82, 2.24) is 35.1 Å². The van der Waals surface area contributed by atoms with Crippen molar-refractivity contribution < 1.29 is 4.42 Å². The second-order valence-electron chi connectivity index (χ2n) is 6.56. The summed E-state index contributed by atoms with van der Waals surface area (Å²) < 4.78 is 5.22. The molecule has 0 aliphatic carbocycles. The Morgan fingerprint density at radius 3 is 2.76 bits per heavy atom. The highest BCUT2D eigenvalue weighted by molar-refractivity contribution is 5.95. The molecule has 0 fully saturated rings. The number of nitrogens with one attached hydrogen (secondary N) is 2. The van der Waals surface area contributed by atoms with Crippen molar-refractivity contribution in [2.75, 3.05) is 0 Å². The molecule has 0 saturated heterocycles. The van der Waals surface area contributed by atoms with Crippen molar-refractivity contribution in [3.63, 3.8) is 0 Å². The summed E-state index contributed by atoms with van der Waals surface area (Å²) >= 11 is 0. The highest BCUT2D eigenvalue weighted by atomic mass is 16.3. The van der Waals surface area contributed by atoms with Crippen LogP contribution < -0.4 is 0 Å². The number of fused-ring (bicyclic) bond motifs is 2. The van der Waals surface area contributed by atoms with E-state index in [0.717, 1.165) is 33.3 Å². The summed E-state index contributed by atoms with van der Waals surface area (Å²) in [5, 5.41) is 8.27. The average Bonchev–Trinajstić information content (AvgIpc) is 3.52. The van der Waals surface area contributed by atoms with Crippen molar-refractivity contribution in [2.24, 2.45) is 0 Å². The van der Waals surface area contributed by atoms with Crippen molar-refractivity contribution in [1.29, 1.82) is 0 Å². The number of rotatable bonds is 3. The summed E-state index contributed by atoms with van der Waals surface area (Å²) in [5.74, 6) is 0.620. The minimum absolute atomic E-state index is 0.620. The van der Waals surface area contributed by atoms with Gasteiger partial charge in [-0.25, -0.2) is 15.0 Å². The molecule has 6 aromatic heterocycles. The molecule has 2 N–H and O–H groups in total. The summed E-state index contributed by atoms with van der Waals surface area (Å²) in [6.45, 7) is 0. The lowest BCUT2D eigenvalue weighted by molar-refractivity contribution is 0.568. The Balaban J connectivity index is 1.53. The highest BCUT2D eigenvalue weighted by Crippen LogP contribution is 2.31. The van der Waals surface area contributed by atoms with Crippen molar-refractivity contribution in [3.8, 4) is 33.9 Å². The summed E-state index contributed by atoms with van der Waals surface area (Å²) in [4.78, 5) is 21.4. The molecule has 0 radical (unpaired) electrons. The van der Waals surface area contributed by atoms with Gasteiger partial charge in [-0.3, -0.25) is 10.1 Å². The molecule has 0 amide bonds. The Kier molecular flexibility index (Phi) is 3.30. The zero-order chi connectivity index (χ0) is 19.2. The number of imidazole rings is 1. The topological polar surface area (TPSA) is 109 Å². The number of nitrogens with zero attached hydrogens (tertiary/aromatic N) is 5. The SMILES string of the molecule is c1ccc(-c2cnc3[nH]nc(-c4nc5c(-c6ccoc6)ccnc5[nH]4)c3c2)nc1. The first kappa shape index (κ1) is 15.7. The van der Waals surface area contributed by atoms with E-state index in [0.29, 0.717) is 22.8 Å². The molecular formula is C21H13N7O. The number of furan rings is 1. The minimum atomic E-state index is 0.620. The third-order valence-electron chi connectivity index (χ3n) is 4.82. The molecule has 6 rings (SSSR count). The van der Waals surface area contributed by atoms with Gasteiger partial charge in [0.15, 0.2) is 17.1 Å². The third-order valence-corrected chi connectivity index (χ3v) is 4.82. The predicted molar refractivity (Wildman–Crippen MR) is 108 cm³/mol. The molecule has 138 valence electrons. The van der Waals surface area contributed by atoms with Crippen molar-refractivity contribution in [3.05, 3.63) is 67.5 Å². The second-order valence-corrected chi connectivity index (χ2v) is 6.56. The maximum atomic E-state index is 5.22. The molecule has 0 aliphatic heterocycles. The molecule has 0 aromatic carbocycles. The van der Waals surface area contributed by atoms with Crippen molar-refractivity contribution >= 4 is 22.2 Å². The van der Waals surface area contributed by atoms with E-state index in [1.54, 1.807) is 31.1 Å². The van der Waals surface area contributed by atoms with E-state index >= 15 is 0 Å². The smallest absolute Gasteiger partial charge is 0.161 e. The van der Waals surface area contributed by atoms with Crippen LogP contribution >= 0.6 is 0 Å². The van der Waals surface area contributed by atoms with Crippen LogP contribution in [0, 0.1) is 0 Å². The van der Waals surface area contributed by atoms with Gasteiger partial charge in [-0.05, 0) is 30.3 Å². The van der Waals surface area contributed by atoms with Gasteiger partial charge in [0.2, 0.25) is 0 Å². The fourth-order valence-corrected chi connectivity index (χ4v) is 3.43. The Bertz CT molecular complexity index is 1450. The normalized spacial score (nSPS) is 11.4. The van der Waals surface area contributed by atoms with Crippen LogP contribution in [0.1, 0.15) is 0 Å². The number of pyridine rings is 3. The first-order valence-electron chi connectivity index (χ1n) is 9.00. The molecule has 0 bridgehead atoms. The van der Waals surface area contributed by atoms with Crippen LogP contribution in [0.15, 0.2) is 71.9 Å². The monoisotopic (exact) mass is 379 g/mol. The van der Waals surface area contributed by atoms with Crippen LogP contribution in [0.3, 0.4) is 0 Å². The Labute approximate surface area is 163 Å². The number of hydrogen-bond donors (Lipinski definition) is 2. The molecule has 0 saturated carbocycles. The summed E-state index contributed by atoms with van der Waals surface area (Å²) in [7, 11) is 0. The van der Waals surface area contributed by atoms with Crippen LogP contribution in [0.25, 0.3) is 56.1 Å². The zero-order valence-corrected chi connectivity index (χ0v) is 15.0. The summed E-state index contributed by atoms with van der Waals surface area (Å²) in [5.41, 5.74) is 6.46. The van der Waals surface area contributed by atoms with E-state index in [4.69, 9.17) is 9.40 Å². The molecule has 0 spiro atoms. The second kappa shape index (κ2) is 6.10. The van der Waals surface area contributed by atoms with Crippen LogP contribution in [0.2, 0.25) is 0 Å². The fourth-order valence-electron chi connectivity index (χ4n) is 3.43. The lowest BCUT2D eigenvalue weighted by Gasteiger charge is -2.00. The van der Waals surface area contributed by atoms with Crippen LogP contribution in [-0.4, -0.2) is 35.1 Å². The lowest BCUT2D eigenvalue weighted by Crippen LogP contribution is -1.86. The first-order valence-corrected chi connectivity index (χ1v) is 9.00. The molecule has 6 aromatic rings. The third kappa shape index (κ3) is 2.50. The number of H-pyrrole nitrogens is 2. The number of hydrogen-bond acceptors (Lipinski definition) is 6. The van der Waals surface area contributed by atoms with Crippen molar-refractivity contribution in [2.45, 2.75) is 0 Å². The quantitative estimate of drug-likeness (QED) is 0.476. The minimum Gasteiger partial charge on any atom is -0.472 e. The molecule has 8 nitrogen and oxygen atoms in total. The first-order chi connectivity index (χ1) is 14.4. The Hall–Kier alpha value is -4.33. The van der Waals surface area contributed by atoms with E-state index in [1.807, 2.05) is 36.4 Å². The van der Waals surface area contributed by atoms with Gasteiger partial charge in [0.1, 0.15) is 11.2 Å². The standard InChI is InChI=1S/C21H13N7O/c1-2-6-22-16(3-1)13-9-15-18(27-28-19(15)24-10-13)21-25-17-14(12-5-8-29-11-12)4-7-23-20(17)26-21/h1-11H,(H,23,25,26)(H,24,27,28). The van der Waals surface area contributed by atoms with Gasteiger partial charge in [0.25, 0.3) is 0 Å². The maximum absolute atomic E-state index is 5.22. The summed E-state index contributed by atoms with van der Waals surface area (Å²) in [6.07, 6.45) is 8.62. The number of aromatic amines is 2. The molecule has 0 atom stereocenters.